The summed E-state index contributed by atoms with van der Waals surface area (Å²) in [7, 11) is -4.05. The fourth-order valence-corrected chi connectivity index (χ4v) is 6.16. The number of carboxylic acid groups (broad SMARTS) is 1. The Morgan fingerprint density at radius 1 is 1.09 bits per heavy atom. The van der Waals surface area contributed by atoms with Gasteiger partial charge in [0.05, 0.1) is 21.0 Å². The van der Waals surface area contributed by atoms with E-state index in [2.05, 4.69) is 0 Å². The number of allylic oxidation sites excluding steroid dienone is 2. The van der Waals surface area contributed by atoms with E-state index in [0.29, 0.717) is 16.6 Å². The van der Waals surface area contributed by atoms with Crippen molar-refractivity contribution in [2.75, 3.05) is 0 Å². The molecule has 0 saturated carbocycles. The van der Waals surface area contributed by atoms with Gasteiger partial charge in [0.25, 0.3) is 10.0 Å². The maximum atomic E-state index is 13.6. The molecule has 3 aromatic rings. The zero-order valence-electron chi connectivity index (χ0n) is 16.2. The first-order valence-electron chi connectivity index (χ1n) is 9.33. The lowest BCUT2D eigenvalue weighted by molar-refractivity contribution is -0.132. The van der Waals surface area contributed by atoms with Crippen molar-refractivity contribution >= 4 is 73.3 Å². The van der Waals surface area contributed by atoms with Gasteiger partial charge in [-0.25, -0.2) is 17.2 Å². The zero-order valence-corrected chi connectivity index (χ0v) is 20.0. The lowest BCUT2D eigenvalue weighted by atomic mass is 9.91. The highest BCUT2D eigenvalue weighted by Crippen LogP contribution is 2.41. The molecule has 1 unspecified atom stereocenters. The van der Waals surface area contributed by atoms with Crippen LogP contribution in [-0.4, -0.2) is 27.8 Å². The molecule has 32 heavy (non-hydrogen) atoms. The van der Waals surface area contributed by atoms with E-state index in [-0.39, 0.29) is 26.9 Å². The molecule has 1 N–H and O–H groups in total. The summed E-state index contributed by atoms with van der Waals surface area (Å²) in [4.78, 5) is 11.5. The van der Waals surface area contributed by atoms with Crippen molar-refractivity contribution in [1.29, 1.82) is 0 Å². The van der Waals surface area contributed by atoms with Gasteiger partial charge in [0.15, 0.2) is 0 Å². The van der Waals surface area contributed by atoms with Gasteiger partial charge in [0.1, 0.15) is 4.33 Å². The van der Waals surface area contributed by atoms with E-state index < -0.39 is 26.2 Å². The van der Waals surface area contributed by atoms with Gasteiger partial charge in [-0.05, 0) is 48.9 Å². The third-order valence-corrected chi connectivity index (χ3v) is 8.30. The molecule has 0 saturated heterocycles. The largest absolute Gasteiger partial charge is 0.478 e. The standard InChI is InChI=1S/C22H15Cl4NO4S/c23-15-10-19(24)18-12-16(9-14-8-13(21(28)29)6-7-22(14,25)26)27(20(18)11-15)32(30,31)17-4-2-1-3-5-17/h1-8,10-12,14H,9H2,(H,28,29). The summed E-state index contributed by atoms with van der Waals surface area (Å²) in [5, 5.41) is 10.4. The van der Waals surface area contributed by atoms with Gasteiger partial charge in [0, 0.05) is 22.0 Å². The maximum Gasteiger partial charge on any atom is 0.335 e. The predicted octanol–water partition coefficient (Wildman–Crippen LogP) is 6.10. The summed E-state index contributed by atoms with van der Waals surface area (Å²) in [6, 6.07) is 12.6. The van der Waals surface area contributed by atoms with Gasteiger partial charge < -0.3 is 5.11 Å². The molecule has 5 nitrogen and oxygen atoms in total. The Balaban J connectivity index is 1.94. The second-order valence-corrected chi connectivity index (χ2v) is 11.4. The summed E-state index contributed by atoms with van der Waals surface area (Å²) in [6.07, 6.45) is 4.16. The number of rotatable bonds is 5. The van der Waals surface area contributed by atoms with E-state index in [9.17, 15) is 18.3 Å². The summed E-state index contributed by atoms with van der Waals surface area (Å²) < 4.78 is 27.0. The second-order valence-electron chi connectivity index (χ2n) is 7.28. The number of hydrogen-bond donors (Lipinski definition) is 1. The molecule has 0 spiro atoms. The minimum atomic E-state index is -4.05. The van der Waals surface area contributed by atoms with E-state index in [0.717, 1.165) is 3.97 Å². The quantitative estimate of drug-likeness (QED) is 0.404. The van der Waals surface area contributed by atoms with E-state index in [1.165, 1.54) is 42.5 Å². The molecule has 0 radical (unpaired) electrons. The van der Waals surface area contributed by atoms with Gasteiger partial charge in [0.2, 0.25) is 0 Å². The normalized spacial score (nSPS) is 18.0. The highest BCUT2D eigenvalue weighted by Gasteiger charge is 2.36. The van der Waals surface area contributed by atoms with E-state index >= 15 is 0 Å². The molecular formula is C22H15Cl4NO4S. The van der Waals surface area contributed by atoms with Crippen molar-refractivity contribution in [1.82, 2.24) is 3.97 Å². The van der Waals surface area contributed by atoms with Crippen LogP contribution in [0, 0.1) is 5.92 Å². The molecule has 166 valence electrons. The lowest BCUT2D eigenvalue weighted by Gasteiger charge is -2.28. The summed E-state index contributed by atoms with van der Waals surface area (Å²) in [5.41, 5.74) is 0.645. The number of halogens is 4. The van der Waals surface area contributed by atoms with Gasteiger partial charge in [-0.1, -0.05) is 70.7 Å². The van der Waals surface area contributed by atoms with Gasteiger partial charge in [-0.15, -0.1) is 0 Å². The van der Waals surface area contributed by atoms with Crippen molar-refractivity contribution in [2.24, 2.45) is 5.92 Å². The van der Waals surface area contributed by atoms with Crippen molar-refractivity contribution in [2.45, 2.75) is 15.6 Å². The number of carbonyl (C=O) groups is 1. The SMILES string of the molecule is O=C(O)C1=CC(Cc2cc3c(Cl)cc(Cl)cc3n2S(=O)(=O)c2ccccc2)C(Cl)(Cl)C=C1. The topological polar surface area (TPSA) is 76.4 Å². The zero-order chi connectivity index (χ0) is 23.3. The fourth-order valence-electron chi connectivity index (χ4n) is 3.66. The Kier molecular flexibility index (Phi) is 6.11. The van der Waals surface area contributed by atoms with Gasteiger partial charge in [-0.3, -0.25) is 0 Å². The summed E-state index contributed by atoms with van der Waals surface area (Å²) in [5.74, 6) is -1.85. The molecule has 1 aromatic heterocycles. The molecule has 1 atom stereocenters. The van der Waals surface area contributed by atoms with Crippen LogP contribution in [0.15, 0.2) is 77.2 Å². The lowest BCUT2D eigenvalue weighted by Crippen LogP contribution is -2.29. The van der Waals surface area contributed by atoms with Gasteiger partial charge in [-0.2, -0.15) is 0 Å². The smallest absolute Gasteiger partial charge is 0.335 e. The van der Waals surface area contributed by atoms with Crippen molar-refractivity contribution < 1.29 is 18.3 Å². The van der Waals surface area contributed by atoms with Crippen LogP contribution in [0.4, 0.5) is 0 Å². The third-order valence-electron chi connectivity index (χ3n) is 5.18. The Morgan fingerprint density at radius 2 is 1.78 bits per heavy atom. The van der Waals surface area contributed by atoms with Crippen LogP contribution in [-0.2, 0) is 21.2 Å². The molecule has 10 heteroatoms. The van der Waals surface area contributed by atoms with E-state index in [1.54, 1.807) is 24.3 Å². The monoisotopic (exact) mass is 529 g/mol. The highest BCUT2D eigenvalue weighted by molar-refractivity contribution is 7.90. The Morgan fingerprint density at radius 3 is 2.44 bits per heavy atom. The first-order chi connectivity index (χ1) is 15.0. The van der Waals surface area contributed by atoms with Gasteiger partial charge >= 0.3 is 5.97 Å². The van der Waals surface area contributed by atoms with Crippen LogP contribution >= 0.6 is 46.4 Å². The first-order valence-corrected chi connectivity index (χ1v) is 12.3. The van der Waals surface area contributed by atoms with Crippen molar-refractivity contribution in [3.63, 3.8) is 0 Å². The molecule has 0 amide bonds. The maximum absolute atomic E-state index is 13.6. The molecule has 4 rings (SSSR count). The Bertz CT molecular complexity index is 1390. The van der Waals surface area contributed by atoms with Crippen LogP contribution in [0.25, 0.3) is 10.9 Å². The number of nitrogens with zero attached hydrogens (tertiary/aromatic N) is 1. The van der Waals surface area contributed by atoms with Crippen LogP contribution in [0.1, 0.15) is 5.69 Å². The molecule has 0 bridgehead atoms. The van der Waals surface area contributed by atoms with Crippen LogP contribution in [0.3, 0.4) is 0 Å². The molecule has 2 aromatic carbocycles. The third kappa shape index (κ3) is 4.18. The number of fused-ring (bicyclic) bond motifs is 1. The summed E-state index contributed by atoms with van der Waals surface area (Å²) in [6.45, 7) is 0. The second kappa shape index (κ2) is 8.43. The molecule has 0 aliphatic heterocycles. The first kappa shape index (κ1) is 23.2. The fraction of sp³-hybridized carbons (Fsp3) is 0.136. The Hall–Kier alpha value is -1.96. The minimum Gasteiger partial charge on any atom is -0.478 e. The van der Waals surface area contributed by atoms with Crippen LogP contribution in [0.5, 0.6) is 0 Å². The average molecular weight is 531 g/mol. The molecule has 1 heterocycles. The molecule has 0 fully saturated rings. The molecular weight excluding hydrogens is 516 g/mol. The van der Waals surface area contributed by atoms with Crippen molar-refractivity contribution in [3.05, 3.63) is 88.1 Å². The van der Waals surface area contributed by atoms with E-state index in [1.807, 2.05) is 0 Å². The Labute approximate surface area is 204 Å². The highest BCUT2D eigenvalue weighted by atomic mass is 35.5. The number of carboxylic acids is 1. The van der Waals surface area contributed by atoms with E-state index in [4.69, 9.17) is 46.4 Å². The molecule has 1 aliphatic carbocycles. The number of aliphatic carboxylic acids is 1. The van der Waals surface area contributed by atoms with Crippen molar-refractivity contribution in [3.8, 4) is 0 Å². The number of aromatic nitrogens is 1. The van der Waals surface area contributed by atoms with Crippen LogP contribution < -0.4 is 0 Å². The average Bonchev–Trinajstić information content (AvgIpc) is 3.09. The number of benzene rings is 2. The number of alkyl halides is 2. The molecule has 1 aliphatic rings. The number of hydrogen-bond acceptors (Lipinski definition) is 3. The summed E-state index contributed by atoms with van der Waals surface area (Å²) >= 11 is 25.4. The van der Waals surface area contributed by atoms with Crippen LogP contribution in [0.2, 0.25) is 10.0 Å². The minimum absolute atomic E-state index is 0.0154. The predicted molar refractivity (Wildman–Crippen MR) is 127 cm³/mol.